The van der Waals surface area contributed by atoms with Crippen molar-refractivity contribution < 1.29 is 9.90 Å². The second-order valence-electron chi connectivity index (χ2n) is 4.08. The molecule has 5 heteroatoms. The lowest BCUT2D eigenvalue weighted by Crippen LogP contribution is -2.45. The summed E-state index contributed by atoms with van der Waals surface area (Å²) < 4.78 is 1.92. The average Bonchev–Trinajstić information content (AvgIpc) is 2.45. The fourth-order valence-corrected chi connectivity index (χ4v) is 1.23. The van der Waals surface area contributed by atoms with E-state index in [-0.39, 0.29) is 0 Å². The molecule has 0 bridgehead atoms. The fourth-order valence-electron chi connectivity index (χ4n) is 1.23. The van der Waals surface area contributed by atoms with Crippen LogP contribution in [0.3, 0.4) is 0 Å². The predicted octanol–water partition coefficient (Wildman–Crippen LogP) is 0.692. The molecule has 0 saturated carbocycles. The molecular formula is C10H17N3O2. The van der Waals surface area contributed by atoms with E-state index in [2.05, 4.69) is 4.98 Å². The maximum atomic E-state index is 10.8. The van der Waals surface area contributed by atoms with E-state index >= 15 is 0 Å². The summed E-state index contributed by atoms with van der Waals surface area (Å²) in [6, 6.07) is 0. The van der Waals surface area contributed by atoms with Crippen LogP contribution in [-0.2, 0) is 11.3 Å². The summed E-state index contributed by atoms with van der Waals surface area (Å²) in [4.78, 5) is 14.9. The van der Waals surface area contributed by atoms with Crippen LogP contribution in [0.25, 0.3) is 0 Å². The third kappa shape index (κ3) is 2.56. The first-order chi connectivity index (χ1) is 6.84. The Morgan fingerprint density at radius 3 is 2.67 bits per heavy atom. The quantitative estimate of drug-likeness (QED) is 0.767. The van der Waals surface area contributed by atoms with Gasteiger partial charge in [-0.2, -0.15) is 0 Å². The molecule has 0 aliphatic rings. The van der Waals surface area contributed by atoms with E-state index in [1.807, 2.05) is 18.4 Å². The smallest absolute Gasteiger partial charge is 0.323 e. The number of carboxylic acid groups (broad SMARTS) is 1. The molecule has 5 nitrogen and oxygen atoms in total. The SMILES string of the molecule is Cc1ncn(CCC(C)(N)C(=O)O)c1C. The molecule has 0 aromatic carbocycles. The third-order valence-corrected chi connectivity index (χ3v) is 2.71. The standard InChI is InChI=1S/C10H17N3O2/c1-7-8(2)13(6-12-7)5-4-10(3,11)9(14)15/h6H,4-5,11H2,1-3H3,(H,14,15). The van der Waals surface area contributed by atoms with Gasteiger partial charge in [-0.05, 0) is 27.2 Å². The van der Waals surface area contributed by atoms with Gasteiger partial charge < -0.3 is 15.4 Å². The second-order valence-corrected chi connectivity index (χ2v) is 4.08. The molecule has 0 fully saturated rings. The van der Waals surface area contributed by atoms with Crippen molar-refractivity contribution in [3.8, 4) is 0 Å². The molecule has 1 heterocycles. The lowest BCUT2D eigenvalue weighted by atomic mass is 10.00. The van der Waals surface area contributed by atoms with Gasteiger partial charge in [0.2, 0.25) is 0 Å². The average molecular weight is 211 g/mol. The predicted molar refractivity (Wildman–Crippen MR) is 56.5 cm³/mol. The van der Waals surface area contributed by atoms with Gasteiger partial charge in [-0.25, -0.2) is 4.98 Å². The van der Waals surface area contributed by atoms with Crippen molar-refractivity contribution in [3.05, 3.63) is 17.7 Å². The molecule has 0 aliphatic carbocycles. The highest BCUT2D eigenvalue weighted by Gasteiger charge is 2.27. The van der Waals surface area contributed by atoms with Crippen molar-refractivity contribution in [2.45, 2.75) is 39.3 Å². The summed E-state index contributed by atoms with van der Waals surface area (Å²) in [7, 11) is 0. The largest absolute Gasteiger partial charge is 0.480 e. The zero-order valence-corrected chi connectivity index (χ0v) is 9.32. The van der Waals surface area contributed by atoms with Gasteiger partial charge >= 0.3 is 5.97 Å². The molecule has 0 spiro atoms. The van der Waals surface area contributed by atoms with Crippen LogP contribution in [0.1, 0.15) is 24.7 Å². The molecule has 15 heavy (non-hydrogen) atoms. The third-order valence-electron chi connectivity index (χ3n) is 2.71. The number of carbonyl (C=O) groups is 1. The van der Waals surface area contributed by atoms with Crippen molar-refractivity contribution in [1.82, 2.24) is 9.55 Å². The number of imidazole rings is 1. The van der Waals surface area contributed by atoms with Crippen LogP contribution >= 0.6 is 0 Å². The first-order valence-electron chi connectivity index (χ1n) is 4.85. The Balaban J connectivity index is 2.65. The molecule has 3 N–H and O–H groups in total. The Morgan fingerprint density at radius 2 is 2.27 bits per heavy atom. The Bertz CT molecular complexity index is 369. The lowest BCUT2D eigenvalue weighted by molar-refractivity contribution is -0.143. The van der Waals surface area contributed by atoms with E-state index in [4.69, 9.17) is 10.8 Å². The van der Waals surface area contributed by atoms with Gasteiger partial charge in [0, 0.05) is 12.2 Å². The van der Waals surface area contributed by atoms with Gasteiger partial charge in [0.05, 0.1) is 12.0 Å². The molecule has 1 unspecified atom stereocenters. The lowest BCUT2D eigenvalue weighted by Gasteiger charge is -2.19. The Labute approximate surface area is 88.9 Å². The summed E-state index contributed by atoms with van der Waals surface area (Å²) in [5.41, 5.74) is 6.47. The Morgan fingerprint density at radius 1 is 1.67 bits per heavy atom. The molecule has 84 valence electrons. The van der Waals surface area contributed by atoms with E-state index in [0.29, 0.717) is 13.0 Å². The summed E-state index contributed by atoms with van der Waals surface area (Å²) >= 11 is 0. The minimum absolute atomic E-state index is 0.388. The molecule has 0 radical (unpaired) electrons. The number of aromatic nitrogens is 2. The number of hydrogen-bond donors (Lipinski definition) is 2. The van der Waals surface area contributed by atoms with Gasteiger partial charge in [0.1, 0.15) is 5.54 Å². The van der Waals surface area contributed by atoms with Crippen molar-refractivity contribution >= 4 is 5.97 Å². The monoisotopic (exact) mass is 211 g/mol. The van der Waals surface area contributed by atoms with Gasteiger partial charge in [-0.3, -0.25) is 4.79 Å². The molecule has 0 saturated heterocycles. The van der Waals surface area contributed by atoms with E-state index in [1.165, 1.54) is 6.92 Å². The minimum Gasteiger partial charge on any atom is -0.480 e. The minimum atomic E-state index is -1.18. The zero-order valence-electron chi connectivity index (χ0n) is 9.32. The van der Waals surface area contributed by atoms with Gasteiger partial charge in [0.15, 0.2) is 0 Å². The van der Waals surface area contributed by atoms with E-state index in [0.717, 1.165) is 11.4 Å². The van der Waals surface area contributed by atoms with Crippen molar-refractivity contribution in [1.29, 1.82) is 0 Å². The molecule has 1 atom stereocenters. The number of nitrogens with two attached hydrogens (primary N) is 1. The topological polar surface area (TPSA) is 81.1 Å². The molecule has 1 aromatic heterocycles. The number of hydrogen-bond acceptors (Lipinski definition) is 3. The summed E-state index contributed by atoms with van der Waals surface area (Å²) in [6.45, 7) is 5.97. The maximum absolute atomic E-state index is 10.8. The number of aryl methyl sites for hydroxylation is 2. The maximum Gasteiger partial charge on any atom is 0.323 e. The highest BCUT2D eigenvalue weighted by Crippen LogP contribution is 2.11. The van der Waals surface area contributed by atoms with Crippen LogP contribution in [0.4, 0.5) is 0 Å². The number of rotatable bonds is 4. The Kier molecular flexibility index (Phi) is 3.14. The second kappa shape index (κ2) is 4.02. The first-order valence-corrected chi connectivity index (χ1v) is 4.85. The highest BCUT2D eigenvalue weighted by atomic mass is 16.4. The van der Waals surface area contributed by atoms with Gasteiger partial charge in [0.25, 0.3) is 0 Å². The summed E-state index contributed by atoms with van der Waals surface area (Å²) in [5.74, 6) is -0.975. The molecule has 0 aliphatic heterocycles. The fraction of sp³-hybridized carbons (Fsp3) is 0.600. The van der Waals surface area contributed by atoms with Crippen LogP contribution in [-0.4, -0.2) is 26.2 Å². The normalized spacial score (nSPS) is 14.9. The van der Waals surface area contributed by atoms with E-state index in [1.54, 1.807) is 6.33 Å². The summed E-state index contributed by atoms with van der Waals surface area (Å²) in [6.07, 6.45) is 2.10. The van der Waals surface area contributed by atoms with E-state index in [9.17, 15) is 4.79 Å². The van der Waals surface area contributed by atoms with Crippen LogP contribution in [0.15, 0.2) is 6.33 Å². The molecule has 0 amide bonds. The summed E-state index contributed by atoms with van der Waals surface area (Å²) in [5, 5.41) is 8.84. The van der Waals surface area contributed by atoms with Crippen molar-refractivity contribution in [2.75, 3.05) is 0 Å². The number of nitrogens with zero attached hydrogens (tertiary/aromatic N) is 2. The van der Waals surface area contributed by atoms with Crippen molar-refractivity contribution in [3.63, 3.8) is 0 Å². The zero-order chi connectivity index (χ0) is 11.6. The van der Waals surface area contributed by atoms with Crippen LogP contribution < -0.4 is 5.73 Å². The molecular weight excluding hydrogens is 194 g/mol. The first kappa shape index (κ1) is 11.7. The Hall–Kier alpha value is -1.36. The highest BCUT2D eigenvalue weighted by molar-refractivity contribution is 5.77. The van der Waals surface area contributed by atoms with Gasteiger partial charge in [-0.1, -0.05) is 0 Å². The van der Waals surface area contributed by atoms with Crippen LogP contribution in [0, 0.1) is 13.8 Å². The van der Waals surface area contributed by atoms with Crippen LogP contribution in [0.2, 0.25) is 0 Å². The molecule has 1 rings (SSSR count). The molecule has 1 aromatic rings. The number of carboxylic acids is 1. The van der Waals surface area contributed by atoms with Gasteiger partial charge in [-0.15, -0.1) is 0 Å². The van der Waals surface area contributed by atoms with E-state index < -0.39 is 11.5 Å². The van der Waals surface area contributed by atoms with Crippen LogP contribution in [0.5, 0.6) is 0 Å². The van der Waals surface area contributed by atoms with Crippen molar-refractivity contribution in [2.24, 2.45) is 5.73 Å². The number of aliphatic carboxylic acids is 1.